The molecule has 0 atom stereocenters. The second-order valence-corrected chi connectivity index (χ2v) is 3.82. The van der Waals surface area contributed by atoms with Crippen LogP contribution in [0.1, 0.15) is 10.4 Å². The molecule has 0 N–H and O–H groups in total. The molecule has 1 heterocycles. The standard InChI is InChI=1S/C11H10BrNO/c1-13-5-4-8-6-9(11(14)7-12)2-3-10(8)13/h2-6H,7H2,1H3. The molecule has 0 aliphatic rings. The Balaban J connectivity index is 2.57. The van der Waals surface area contributed by atoms with Gasteiger partial charge in [0, 0.05) is 29.7 Å². The first kappa shape index (κ1) is 9.46. The smallest absolute Gasteiger partial charge is 0.173 e. The maximum atomic E-state index is 11.4. The molecule has 1 aromatic heterocycles. The number of halogens is 1. The van der Waals surface area contributed by atoms with Gasteiger partial charge in [-0.15, -0.1) is 0 Å². The number of nitrogens with zero attached hydrogens (tertiary/aromatic N) is 1. The summed E-state index contributed by atoms with van der Waals surface area (Å²) in [6.07, 6.45) is 1.99. The second-order valence-electron chi connectivity index (χ2n) is 3.26. The number of aryl methyl sites for hydroxylation is 1. The first-order valence-electron chi connectivity index (χ1n) is 4.36. The van der Waals surface area contributed by atoms with E-state index in [1.807, 2.05) is 42.1 Å². The van der Waals surface area contributed by atoms with Crippen molar-refractivity contribution in [2.75, 3.05) is 5.33 Å². The van der Waals surface area contributed by atoms with E-state index in [-0.39, 0.29) is 5.78 Å². The zero-order chi connectivity index (χ0) is 10.1. The lowest BCUT2D eigenvalue weighted by Gasteiger charge is -1.99. The van der Waals surface area contributed by atoms with Gasteiger partial charge < -0.3 is 4.57 Å². The van der Waals surface area contributed by atoms with Gasteiger partial charge in [-0.3, -0.25) is 4.79 Å². The van der Waals surface area contributed by atoms with Crippen LogP contribution in [0.5, 0.6) is 0 Å². The molecular weight excluding hydrogens is 242 g/mol. The maximum Gasteiger partial charge on any atom is 0.173 e. The second kappa shape index (κ2) is 3.58. The number of benzene rings is 1. The van der Waals surface area contributed by atoms with E-state index in [9.17, 15) is 4.79 Å². The third-order valence-corrected chi connectivity index (χ3v) is 2.84. The van der Waals surface area contributed by atoms with Gasteiger partial charge in [-0.1, -0.05) is 15.9 Å². The van der Waals surface area contributed by atoms with Gasteiger partial charge in [-0.25, -0.2) is 0 Å². The van der Waals surface area contributed by atoms with Crippen molar-refractivity contribution >= 4 is 32.6 Å². The molecule has 14 heavy (non-hydrogen) atoms. The summed E-state index contributed by atoms with van der Waals surface area (Å²) >= 11 is 3.17. The molecule has 0 unspecified atom stereocenters. The van der Waals surface area contributed by atoms with E-state index < -0.39 is 0 Å². The van der Waals surface area contributed by atoms with Crippen LogP contribution in [0.15, 0.2) is 30.5 Å². The van der Waals surface area contributed by atoms with Gasteiger partial charge >= 0.3 is 0 Å². The predicted octanol–water partition coefficient (Wildman–Crippen LogP) is 2.76. The first-order chi connectivity index (χ1) is 6.72. The molecule has 0 radical (unpaired) electrons. The Bertz CT molecular complexity index is 487. The maximum absolute atomic E-state index is 11.4. The van der Waals surface area contributed by atoms with Crippen LogP contribution < -0.4 is 0 Å². The fourth-order valence-corrected chi connectivity index (χ4v) is 1.86. The van der Waals surface area contributed by atoms with Crippen LogP contribution in [0.2, 0.25) is 0 Å². The van der Waals surface area contributed by atoms with Crippen molar-refractivity contribution in [1.29, 1.82) is 0 Å². The molecule has 0 saturated heterocycles. The van der Waals surface area contributed by atoms with E-state index in [1.54, 1.807) is 0 Å². The summed E-state index contributed by atoms with van der Waals surface area (Å²) in [5, 5.41) is 1.49. The van der Waals surface area contributed by atoms with Gasteiger partial charge in [0.15, 0.2) is 5.78 Å². The van der Waals surface area contributed by atoms with Crippen LogP contribution in [0.25, 0.3) is 10.9 Å². The molecule has 72 valence electrons. The molecular formula is C11H10BrNO. The molecule has 3 heteroatoms. The van der Waals surface area contributed by atoms with E-state index in [0.29, 0.717) is 5.33 Å². The SMILES string of the molecule is Cn1ccc2cc(C(=O)CBr)ccc21. The van der Waals surface area contributed by atoms with Crippen molar-refractivity contribution < 1.29 is 4.79 Å². The molecule has 0 saturated carbocycles. The minimum absolute atomic E-state index is 0.121. The minimum Gasteiger partial charge on any atom is -0.351 e. The van der Waals surface area contributed by atoms with E-state index >= 15 is 0 Å². The van der Waals surface area contributed by atoms with Crippen molar-refractivity contribution in [3.63, 3.8) is 0 Å². The van der Waals surface area contributed by atoms with Crippen molar-refractivity contribution in [3.05, 3.63) is 36.0 Å². The van der Waals surface area contributed by atoms with Crippen LogP contribution in [0.4, 0.5) is 0 Å². The summed E-state index contributed by atoms with van der Waals surface area (Å²) < 4.78 is 2.04. The van der Waals surface area contributed by atoms with Gasteiger partial charge in [-0.05, 0) is 24.3 Å². The number of Topliss-reactive ketones (excluding diaryl/α,β-unsaturated/α-hetero) is 1. The molecule has 2 rings (SSSR count). The number of alkyl halides is 1. The monoisotopic (exact) mass is 251 g/mol. The summed E-state index contributed by atoms with van der Waals surface area (Å²) in [4.78, 5) is 11.4. The number of hydrogen-bond donors (Lipinski definition) is 0. The number of rotatable bonds is 2. The molecule has 0 aliphatic carbocycles. The number of ketones is 1. The number of fused-ring (bicyclic) bond motifs is 1. The third kappa shape index (κ3) is 1.48. The zero-order valence-corrected chi connectivity index (χ0v) is 9.41. The predicted molar refractivity (Wildman–Crippen MR) is 61.0 cm³/mol. The Morgan fingerprint density at radius 3 is 2.93 bits per heavy atom. The summed E-state index contributed by atoms with van der Waals surface area (Å²) in [6.45, 7) is 0. The van der Waals surface area contributed by atoms with Crippen LogP contribution >= 0.6 is 15.9 Å². The van der Waals surface area contributed by atoms with Crippen molar-refractivity contribution in [1.82, 2.24) is 4.57 Å². The number of carbonyl (C=O) groups is 1. The quantitative estimate of drug-likeness (QED) is 0.595. The Morgan fingerprint density at radius 1 is 1.43 bits per heavy atom. The lowest BCUT2D eigenvalue weighted by Crippen LogP contribution is -1.99. The molecule has 2 aromatic rings. The van der Waals surface area contributed by atoms with Gasteiger partial charge in [0.2, 0.25) is 0 Å². The fourth-order valence-electron chi connectivity index (χ4n) is 1.53. The number of aromatic nitrogens is 1. The highest BCUT2D eigenvalue weighted by atomic mass is 79.9. The lowest BCUT2D eigenvalue weighted by molar-refractivity contribution is 0.102. The van der Waals surface area contributed by atoms with Crippen LogP contribution in [0, 0.1) is 0 Å². The van der Waals surface area contributed by atoms with Crippen LogP contribution in [0.3, 0.4) is 0 Å². The molecule has 1 aromatic carbocycles. The molecule has 0 fully saturated rings. The lowest BCUT2D eigenvalue weighted by atomic mass is 10.1. The molecule has 0 bridgehead atoms. The normalized spacial score (nSPS) is 10.7. The zero-order valence-electron chi connectivity index (χ0n) is 7.83. The topological polar surface area (TPSA) is 22.0 Å². The van der Waals surface area contributed by atoms with E-state index in [2.05, 4.69) is 15.9 Å². The summed E-state index contributed by atoms with van der Waals surface area (Å²) in [7, 11) is 1.99. The van der Waals surface area contributed by atoms with Crippen LogP contribution in [-0.2, 0) is 7.05 Å². The Morgan fingerprint density at radius 2 is 2.21 bits per heavy atom. The number of hydrogen-bond acceptors (Lipinski definition) is 1. The molecule has 0 spiro atoms. The highest BCUT2D eigenvalue weighted by Gasteiger charge is 2.05. The summed E-state index contributed by atoms with van der Waals surface area (Å²) in [6, 6.07) is 7.79. The minimum atomic E-state index is 0.121. The van der Waals surface area contributed by atoms with E-state index in [1.165, 1.54) is 0 Å². The van der Waals surface area contributed by atoms with E-state index in [4.69, 9.17) is 0 Å². The average Bonchev–Trinajstić information content (AvgIpc) is 2.59. The molecule has 0 aliphatic heterocycles. The Hall–Kier alpha value is -1.09. The van der Waals surface area contributed by atoms with Gasteiger partial charge in [-0.2, -0.15) is 0 Å². The third-order valence-electron chi connectivity index (χ3n) is 2.33. The van der Waals surface area contributed by atoms with Crippen molar-refractivity contribution in [2.45, 2.75) is 0 Å². The highest BCUT2D eigenvalue weighted by Crippen LogP contribution is 2.17. The Kier molecular flexibility index (Phi) is 2.42. The van der Waals surface area contributed by atoms with Crippen LogP contribution in [-0.4, -0.2) is 15.7 Å². The Labute approximate surface area is 90.7 Å². The first-order valence-corrected chi connectivity index (χ1v) is 5.49. The fraction of sp³-hybridized carbons (Fsp3) is 0.182. The van der Waals surface area contributed by atoms with Gasteiger partial charge in [0.25, 0.3) is 0 Å². The van der Waals surface area contributed by atoms with Gasteiger partial charge in [0.05, 0.1) is 5.33 Å². The largest absolute Gasteiger partial charge is 0.351 e. The summed E-state index contributed by atoms with van der Waals surface area (Å²) in [5.41, 5.74) is 1.91. The number of carbonyl (C=O) groups excluding carboxylic acids is 1. The highest BCUT2D eigenvalue weighted by molar-refractivity contribution is 9.09. The molecule has 0 amide bonds. The van der Waals surface area contributed by atoms with Crippen molar-refractivity contribution in [2.24, 2.45) is 7.05 Å². The van der Waals surface area contributed by atoms with Crippen molar-refractivity contribution in [3.8, 4) is 0 Å². The van der Waals surface area contributed by atoms with E-state index in [0.717, 1.165) is 16.5 Å². The average molecular weight is 252 g/mol. The summed E-state index contributed by atoms with van der Waals surface area (Å²) in [5.74, 6) is 0.121. The van der Waals surface area contributed by atoms with Gasteiger partial charge in [0.1, 0.15) is 0 Å². The molecule has 2 nitrogen and oxygen atoms in total.